The van der Waals surface area contributed by atoms with E-state index >= 15 is 0 Å². The van der Waals surface area contributed by atoms with Crippen LogP contribution in [0.4, 0.5) is 0 Å². The zero-order valence-corrected chi connectivity index (χ0v) is 10.3. The summed E-state index contributed by atoms with van der Waals surface area (Å²) in [6.45, 7) is 4.44. The van der Waals surface area contributed by atoms with Crippen LogP contribution in [0.15, 0.2) is 30.5 Å². The lowest BCUT2D eigenvalue weighted by Gasteiger charge is -2.05. The molecular weight excluding hydrogens is 218 g/mol. The van der Waals surface area contributed by atoms with E-state index in [9.17, 15) is 0 Å². The van der Waals surface area contributed by atoms with Crippen LogP contribution in [0, 0.1) is 0 Å². The van der Waals surface area contributed by atoms with Gasteiger partial charge in [-0.1, -0.05) is 38.1 Å². The van der Waals surface area contributed by atoms with Crippen LogP contribution < -0.4 is 0 Å². The molecule has 0 spiro atoms. The van der Waals surface area contributed by atoms with Crippen molar-refractivity contribution in [3.8, 4) is 10.6 Å². The lowest BCUT2D eigenvalue weighted by Crippen LogP contribution is -1.86. The molecule has 0 saturated heterocycles. The fraction of sp³-hybridized carbons (Fsp3) is 0.308. The summed E-state index contributed by atoms with van der Waals surface area (Å²) < 4.78 is 0. The second-order valence-electron chi connectivity index (χ2n) is 4.07. The average molecular weight is 233 g/mol. The number of benzene rings is 1. The Kier molecular flexibility index (Phi) is 3.36. The first kappa shape index (κ1) is 11.3. The van der Waals surface area contributed by atoms with E-state index in [-0.39, 0.29) is 6.61 Å². The van der Waals surface area contributed by atoms with Gasteiger partial charge in [-0.25, -0.2) is 4.98 Å². The van der Waals surface area contributed by atoms with E-state index in [2.05, 4.69) is 43.1 Å². The Morgan fingerprint density at radius 3 is 2.44 bits per heavy atom. The molecule has 1 aromatic carbocycles. The zero-order chi connectivity index (χ0) is 11.5. The van der Waals surface area contributed by atoms with Crippen LogP contribution in [0.2, 0.25) is 0 Å². The van der Waals surface area contributed by atoms with Gasteiger partial charge in [0.2, 0.25) is 0 Å². The molecule has 0 amide bonds. The Balaban J connectivity index is 2.27. The monoisotopic (exact) mass is 233 g/mol. The summed E-state index contributed by atoms with van der Waals surface area (Å²) in [5, 5.41) is 9.96. The first-order chi connectivity index (χ1) is 7.70. The molecule has 2 rings (SSSR count). The van der Waals surface area contributed by atoms with Crippen LogP contribution in [0.5, 0.6) is 0 Å². The summed E-state index contributed by atoms with van der Waals surface area (Å²) in [5.74, 6) is 0.554. The Morgan fingerprint density at radius 1 is 1.25 bits per heavy atom. The van der Waals surface area contributed by atoms with E-state index in [0.29, 0.717) is 5.92 Å². The minimum atomic E-state index is 0.0712. The Hall–Kier alpha value is -1.19. The maximum Gasteiger partial charge on any atom is 0.123 e. The van der Waals surface area contributed by atoms with Crippen LogP contribution in [-0.2, 0) is 6.61 Å². The quantitative estimate of drug-likeness (QED) is 0.881. The van der Waals surface area contributed by atoms with Crippen LogP contribution >= 0.6 is 11.3 Å². The van der Waals surface area contributed by atoms with E-state index in [4.69, 9.17) is 5.11 Å². The van der Waals surface area contributed by atoms with Crippen molar-refractivity contribution >= 4 is 11.3 Å². The van der Waals surface area contributed by atoms with Crippen LogP contribution in [0.1, 0.15) is 30.2 Å². The SMILES string of the molecule is CC(C)c1ccc(-c2ncc(CO)s2)cc1. The molecule has 1 N–H and O–H groups in total. The van der Waals surface area contributed by atoms with Gasteiger partial charge in [0.05, 0.1) is 11.5 Å². The van der Waals surface area contributed by atoms with Gasteiger partial charge in [-0.2, -0.15) is 0 Å². The fourth-order valence-corrected chi connectivity index (χ4v) is 2.30. The summed E-state index contributed by atoms with van der Waals surface area (Å²) in [6, 6.07) is 8.46. The van der Waals surface area contributed by atoms with Gasteiger partial charge in [0, 0.05) is 11.8 Å². The largest absolute Gasteiger partial charge is 0.391 e. The standard InChI is InChI=1S/C13H15NOS/c1-9(2)10-3-5-11(6-4-10)13-14-7-12(8-15)16-13/h3-7,9,15H,8H2,1-2H3. The zero-order valence-electron chi connectivity index (χ0n) is 9.47. The highest BCUT2D eigenvalue weighted by molar-refractivity contribution is 7.15. The van der Waals surface area contributed by atoms with Gasteiger partial charge in [0.25, 0.3) is 0 Å². The smallest absolute Gasteiger partial charge is 0.123 e. The van der Waals surface area contributed by atoms with Crippen molar-refractivity contribution in [2.24, 2.45) is 0 Å². The third-order valence-electron chi connectivity index (χ3n) is 2.53. The van der Waals surface area contributed by atoms with Crippen LogP contribution in [-0.4, -0.2) is 10.1 Å². The fourth-order valence-electron chi connectivity index (χ4n) is 1.52. The van der Waals surface area contributed by atoms with E-state index in [1.807, 2.05) is 0 Å². The molecule has 0 aliphatic heterocycles. The second kappa shape index (κ2) is 4.76. The summed E-state index contributed by atoms with van der Waals surface area (Å²) in [4.78, 5) is 5.20. The highest BCUT2D eigenvalue weighted by Gasteiger charge is 2.05. The van der Waals surface area contributed by atoms with Gasteiger partial charge in [0.15, 0.2) is 0 Å². The predicted molar refractivity (Wildman–Crippen MR) is 67.6 cm³/mol. The van der Waals surface area contributed by atoms with Gasteiger partial charge in [-0.3, -0.25) is 0 Å². The molecule has 0 saturated carbocycles. The van der Waals surface area contributed by atoms with Gasteiger partial charge in [-0.15, -0.1) is 11.3 Å². The molecule has 0 bridgehead atoms. The van der Waals surface area contributed by atoms with Crippen molar-refractivity contribution in [1.29, 1.82) is 0 Å². The second-order valence-corrected chi connectivity index (χ2v) is 5.18. The Morgan fingerprint density at radius 2 is 1.94 bits per heavy atom. The molecule has 0 unspecified atom stereocenters. The molecule has 84 valence electrons. The normalized spacial score (nSPS) is 11.0. The number of hydrogen-bond donors (Lipinski definition) is 1. The minimum absolute atomic E-state index is 0.0712. The predicted octanol–water partition coefficient (Wildman–Crippen LogP) is 3.43. The maximum absolute atomic E-state index is 8.99. The summed E-state index contributed by atoms with van der Waals surface area (Å²) in [6.07, 6.45) is 1.73. The van der Waals surface area contributed by atoms with Crippen LogP contribution in [0.3, 0.4) is 0 Å². The number of nitrogens with zero attached hydrogens (tertiary/aromatic N) is 1. The number of aliphatic hydroxyl groups excluding tert-OH is 1. The minimum Gasteiger partial charge on any atom is -0.391 e. The molecule has 2 nitrogen and oxygen atoms in total. The number of aromatic nitrogens is 1. The molecule has 16 heavy (non-hydrogen) atoms. The molecule has 0 atom stereocenters. The van der Waals surface area contributed by atoms with Crippen molar-refractivity contribution in [2.75, 3.05) is 0 Å². The van der Waals surface area contributed by atoms with Crippen molar-refractivity contribution in [3.63, 3.8) is 0 Å². The van der Waals surface area contributed by atoms with E-state index in [1.165, 1.54) is 16.9 Å². The highest BCUT2D eigenvalue weighted by Crippen LogP contribution is 2.26. The molecule has 1 heterocycles. The maximum atomic E-state index is 8.99. The number of aliphatic hydroxyl groups is 1. The van der Waals surface area contributed by atoms with E-state index in [1.54, 1.807) is 6.20 Å². The summed E-state index contributed by atoms with van der Waals surface area (Å²) >= 11 is 1.54. The molecular formula is C13H15NOS. The lowest BCUT2D eigenvalue weighted by atomic mass is 10.0. The van der Waals surface area contributed by atoms with E-state index in [0.717, 1.165) is 15.4 Å². The van der Waals surface area contributed by atoms with Crippen molar-refractivity contribution in [1.82, 2.24) is 4.98 Å². The molecule has 3 heteroatoms. The molecule has 0 aliphatic rings. The molecule has 0 aliphatic carbocycles. The molecule has 1 aromatic heterocycles. The van der Waals surface area contributed by atoms with E-state index < -0.39 is 0 Å². The van der Waals surface area contributed by atoms with Crippen molar-refractivity contribution in [3.05, 3.63) is 40.9 Å². The highest BCUT2D eigenvalue weighted by atomic mass is 32.1. The first-order valence-electron chi connectivity index (χ1n) is 5.36. The van der Waals surface area contributed by atoms with Gasteiger partial charge < -0.3 is 5.11 Å². The van der Waals surface area contributed by atoms with Gasteiger partial charge in [0.1, 0.15) is 5.01 Å². The number of thiazole rings is 1. The van der Waals surface area contributed by atoms with Crippen LogP contribution in [0.25, 0.3) is 10.6 Å². The molecule has 0 fully saturated rings. The Labute approximate surface area is 99.6 Å². The first-order valence-corrected chi connectivity index (χ1v) is 6.18. The Bertz CT molecular complexity index is 459. The lowest BCUT2D eigenvalue weighted by molar-refractivity contribution is 0.285. The molecule has 2 aromatic rings. The number of hydrogen-bond acceptors (Lipinski definition) is 3. The summed E-state index contributed by atoms with van der Waals surface area (Å²) in [7, 11) is 0. The van der Waals surface area contributed by atoms with Gasteiger partial charge in [-0.05, 0) is 11.5 Å². The number of rotatable bonds is 3. The van der Waals surface area contributed by atoms with Gasteiger partial charge >= 0.3 is 0 Å². The third kappa shape index (κ3) is 2.31. The topological polar surface area (TPSA) is 33.1 Å². The summed E-state index contributed by atoms with van der Waals surface area (Å²) in [5.41, 5.74) is 2.46. The third-order valence-corrected chi connectivity index (χ3v) is 3.56. The molecule has 0 radical (unpaired) electrons. The van der Waals surface area contributed by atoms with Crippen molar-refractivity contribution < 1.29 is 5.11 Å². The average Bonchev–Trinajstić information content (AvgIpc) is 2.77. The van der Waals surface area contributed by atoms with Crippen molar-refractivity contribution in [2.45, 2.75) is 26.4 Å².